The van der Waals surface area contributed by atoms with Gasteiger partial charge in [0.15, 0.2) is 5.17 Å². The molecule has 2 heterocycles. The number of piperidine rings is 1. The van der Waals surface area contributed by atoms with Crippen LogP contribution in [0.15, 0.2) is 24.5 Å². The topological polar surface area (TPSA) is 112 Å². The molecule has 1 aliphatic rings. The third kappa shape index (κ3) is 4.99. The van der Waals surface area contributed by atoms with Crippen molar-refractivity contribution in [3.05, 3.63) is 35.1 Å². The number of phenols is 1. The highest BCUT2D eigenvalue weighted by atomic mass is 35.5. The first-order chi connectivity index (χ1) is 13.9. The number of halogens is 1. The first-order valence-electron chi connectivity index (χ1n) is 9.78. The van der Waals surface area contributed by atoms with E-state index in [1.54, 1.807) is 24.5 Å². The highest BCUT2D eigenvalue weighted by Gasteiger charge is 2.39. The normalized spacial score (nSPS) is 18.2. The molecular formula is C21H29ClN6OS. The Labute approximate surface area is 186 Å². The van der Waals surface area contributed by atoms with Gasteiger partial charge in [0.1, 0.15) is 10.8 Å². The average Bonchev–Trinajstić information content (AvgIpc) is 3.12. The predicted molar refractivity (Wildman–Crippen MR) is 125 cm³/mol. The number of benzene rings is 1. The van der Waals surface area contributed by atoms with Crippen molar-refractivity contribution in [2.45, 2.75) is 57.7 Å². The van der Waals surface area contributed by atoms with Crippen molar-refractivity contribution in [2.75, 3.05) is 7.05 Å². The Hall–Kier alpha value is -2.03. The number of rotatable bonds is 3. The number of aromatic amines is 1. The van der Waals surface area contributed by atoms with Crippen molar-refractivity contribution in [3.8, 4) is 16.9 Å². The number of hydrogen-bond donors (Lipinski definition) is 5. The van der Waals surface area contributed by atoms with Gasteiger partial charge in [-0.3, -0.25) is 15.9 Å². The summed E-state index contributed by atoms with van der Waals surface area (Å²) < 4.78 is 0. The summed E-state index contributed by atoms with van der Waals surface area (Å²) in [6.07, 6.45) is 5.14. The number of aromatic hydroxyl groups is 1. The molecule has 1 saturated heterocycles. The number of H-pyrrole nitrogens is 1. The molecule has 1 fully saturated rings. The molecule has 1 aromatic heterocycles. The van der Waals surface area contributed by atoms with Gasteiger partial charge < -0.3 is 15.3 Å². The van der Waals surface area contributed by atoms with Crippen molar-refractivity contribution in [1.82, 2.24) is 20.4 Å². The fourth-order valence-corrected chi connectivity index (χ4v) is 5.49. The van der Waals surface area contributed by atoms with E-state index in [4.69, 9.17) is 22.4 Å². The van der Waals surface area contributed by atoms with E-state index < -0.39 is 0 Å². The quantitative estimate of drug-likeness (QED) is 0.346. The summed E-state index contributed by atoms with van der Waals surface area (Å²) in [5.41, 5.74) is 1.66. The Balaban J connectivity index is 1.75. The van der Waals surface area contributed by atoms with Crippen LogP contribution in [0.25, 0.3) is 11.1 Å². The predicted octanol–water partition coefficient (Wildman–Crippen LogP) is 4.67. The first kappa shape index (κ1) is 22.7. The molecule has 5 N–H and O–H groups in total. The molecule has 2 aromatic rings. The van der Waals surface area contributed by atoms with Gasteiger partial charge in [0, 0.05) is 35.9 Å². The van der Waals surface area contributed by atoms with Gasteiger partial charge in [-0.15, -0.1) is 0 Å². The number of hydrogen-bond acceptors (Lipinski definition) is 6. The molecule has 0 radical (unpaired) electrons. The first-order valence-corrected chi connectivity index (χ1v) is 11.0. The molecule has 0 saturated carbocycles. The van der Waals surface area contributed by atoms with Gasteiger partial charge in [0.2, 0.25) is 0 Å². The van der Waals surface area contributed by atoms with Crippen LogP contribution in [0.2, 0.25) is 5.02 Å². The number of nitrogens with zero attached hydrogens (tertiary/aromatic N) is 2. The fourth-order valence-electron chi connectivity index (χ4n) is 4.32. The number of nitrogens with one attached hydrogen (secondary N) is 4. The van der Waals surface area contributed by atoms with Crippen LogP contribution in [-0.4, -0.2) is 54.6 Å². The van der Waals surface area contributed by atoms with Crippen molar-refractivity contribution < 1.29 is 5.11 Å². The van der Waals surface area contributed by atoms with E-state index in [2.05, 4.69) is 43.2 Å². The van der Waals surface area contributed by atoms with Gasteiger partial charge >= 0.3 is 0 Å². The van der Waals surface area contributed by atoms with Crippen LogP contribution in [0.1, 0.15) is 46.1 Å². The van der Waals surface area contributed by atoms with E-state index in [9.17, 15) is 5.11 Å². The number of aromatic nitrogens is 2. The van der Waals surface area contributed by atoms with Gasteiger partial charge in [-0.2, -0.15) is 5.10 Å². The fraction of sp³-hybridized carbons (Fsp3) is 0.476. The Bertz CT molecular complexity index is 917. The van der Waals surface area contributed by atoms with Crippen LogP contribution in [0.5, 0.6) is 5.75 Å². The van der Waals surface area contributed by atoms with E-state index in [0.717, 1.165) is 30.2 Å². The minimum Gasteiger partial charge on any atom is -0.507 e. The summed E-state index contributed by atoms with van der Waals surface area (Å²) in [4.78, 5) is 1.92. The maximum atomic E-state index is 10.5. The van der Waals surface area contributed by atoms with Crippen LogP contribution < -0.4 is 5.32 Å². The number of phenolic OH excluding ortho intramolecular Hbond substituents is 1. The highest BCUT2D eigenvalue weighted by Crippen LogP contribution is 2.36. The van der Waals surface area contributed by atoms with Crippen LogP contribution in [-0.2, 0) is 0 Å². The largest absolute Gasteiger partial charge is 0.507 e. The zero-order valence-corrected chi connectivity index (χ0v) is 19.5. The zero-order valence-electron chi connectivity index (χ0n) is 17.9. The van der Waals surface area contributed by atoms with E-state index in [1.807, 2.05) is 11.9 Å². The maximum Gasteiger partial charge on any atom is 0.162 e. The van der Waals surface area contributed by atoms with Crippen molar-refractivity contribution in [2.24, 2.45) is 0 Å². The molecule has 0 amide bonds. The van der Waals surface area contributed by atoms with E-state index in [1.165, 1.54) is 0 Å². The molecule has 1 aliphatic heterocycles. The molecule has 0 unspecified atom stereocenters. The number of thioether (sulfide) groups is 1. The lowest BCUT2D eigenvalue weighted by Crippen LogP contribution is -2.62. The third-order valence-corrected chi connectivity index (χ3v) is 6.55. The molecule has 162 valence electrons. The van der Waals surface area contributed by atoms with Crippen molar-refractivity contribution in [1.29, 1.82) is 10.8 Å². The third-order valence-electron chi connectivity index (χ3n) is 5.36. The molecule has 1 aromatic carbocycles. The lowest BCUT2D eigenvalue weighted by Gasteiger charge is -2.49. The maximum absolute atomic E-state index is 10.5. The van der Waals surface area contributed by atoms with E-state index in [0.29, 0.717) is 5.56 Å². The minimum absolute atomic E-state index is 0.0381. The molecule has 30 heavy (non-hydrogen) atoms. The smallest absolute Gasteiger partial charge is 0.162 e. The van der Waals surface area contributed by atoms with Crippen molar-refractivity contribution >= 4 is 33.6 Å². The molecule has 0 bridgehead atoms. The second-order valence-electron chi connectivity index (χ2n) is 9.14. The molecule has 7 nitrogen and oxygen atoms in total. The van der Waals surface area contributed by atoms with Crippen LogP contribution >= 0.6 is 23.4 Å². The van der Waals surface area contributed by atoms with Crippen LogP contribution in [0, 0.1) is 10.8 Å². The summed E-state index contributed by atoms with van der Waals surface area (Å²) in [7, 11) is 1.90. The second kappa shape index (κ2) is 8.24. The minimum atomic E-state index is -0.0872. The van der Waals surface area contributed by atoms with Gasteiger partial charge in [0.25, 0.3) is 0 Å². The molecule has 0 spiro atoms. The second-order valence-corrected chi connectivity index (χ2v) is 10.5. The monoisotopic (exact) mass is 448 g/mol. The van der Waals surface area contributed by atoms with Crippen LogP contribution in [0.4, 0.5) is 0 Å². The molecule has 0 aliphatic carbocycles. The summed E-state index contributed by atoms with van der Waals surface area (Å²) in [5, 5.41) is 38.4. The summed E-state index contributed by atoms with van der Waals surface area (Å²) in [6.45, 7) is 8.69. The molecule has 3 rings (SSSR count). The molecule has 9 heteroatoms. The lowest BCUT2D eigenvalue weighted by molar-refractivity contribution is 0.114. The lowest BCUT2D eigenvalue weighted by atomic mass is 9.79. The zero-order chi connectivity index (χ0) is 22.3. The van der Waals surface area contributed by atoms with Crippen molar-refractivity contribution in [3.63, 3.8) is 0 Å². The average molecular weight is 449 g/mol. The van der Waals surface area contributed by atoms with E-state index >= 15 is 0 Å². The van der Waals surface area contributed by atoms with Gasteiger partial charge in [-0.05, 0) is 70.0 Å². The summed E-state index contributed by atoms with van der Waals surface area (Å²) in [5.74, 6) is -0.0872. The number of amidine groups is 1. The van der Waals surface area contributed by atoms with Gasteiger partial charge in [0.05, 0.1) is 16.8 Å². The highest BCUT2D eigenvalue weighted by molar-refractivity contribution is 8.26. The van der Waals surface area contributed by atoms with Gasteiger partial charge in [-0.1, -0.05) is 11.6 Å². The standard InChI is InChI=1S/C21H29ClN6OS/c1-20(2)8-14(9-21(3,4)27-20)28(5)19(24)30-18(23)17-15(22)6-12(7-16(17)29)13-10-25-26-11-13/h6-7,10-11,14,23-24,27,29H,8-9H2,1-5H3,(H,25,26). The van der Waals surface area contributed by atoms with E-state index in [-0.39, 0.29) is 43.7 Å². The summed E-state index contributed by atoms with van der Waals surface area (Å²) in [6, 6.07) is 3.44. The Morgan fingerprint density at radius 2 is 1.83 bits per heavy atom. The van der Waals surface area contributed by atoms with Gasteiger partial charge in [-0.25, -0.2) is 0 Å². The molecular weight excluding hydrogens is 420 g/mol. The Morgan fingerprint density at radius 1 is 1.20 bits per heavy atom. The van der Waals surface area contributed by atoms with Crippen LogP contribution in [0.3, 0.4) is 0 Å². The molecule has 0 atom stereocenters. The SMILES string of the molecule is CN(C(=N)SC(=N)c1c(O)cc(-c2cn[nH]c2)cc1Cl)C1CC(C)(C)NC(C)(C)C1. The Morgan fingerprint density at radius 3 is 2.37 bits per heavy atom. The Kier molecular flexibility index (Phi) is 6.23. The summed E-state index contributed by atoms with van der Waals surface area (Å²) >= 11 is 7.39.